The Bertz CT molecular complexity index is 2440. The van der Waals surface area contributed by atoms with Gasteiger partial charge in [-0.05, 0) is 57.2 Å². The van der Waals surface area contributed by atoms with Crippen LogP contribution in [-0.2, 0) is 20.1 Å². The van der Waals surface area contributed by atoms with Crippen LogP contribution in [0, 0.1) is 12.1 Å². The van der Waals surface area contributed by atoms with Crippen LogP contribution in [0.25, 0.3) is 65.9 Å². The van der Waals surface area contributed by atoms with Crippen molar-refractivity contribution < 1.29 is 34.7 Å². The number of carbonyl (C=O) groups is 1. The van der Waals surface area contributed by atoms with Crippen LogP contribution >= 0.6 is 0 Å². The average Bonchev–Trinajstić information content (AvgIpc) is 3.21. The van der Waals surface area contributed by atoms with Gasteiger partial charge in [0, 0.05) is 30.9 Å². The second kappa shape index (κ2) is 16.6. The van der Waals surface area contributed by atoms with Gasteiger partial charge in [0.25, 0.3) is 0 Å². The Labute approximate surface area is 314 Å². The van der Waals surface area contributed by atoms with Crippen molar-refractivity contribution in [3.8, 4) is 28.3 Å². The van der Waals surface area contributed by atoms with E-state index < -0.39 is 5.97 Å². The van der Waals surface area contributed by atoms with Crippen LogP contribution in [0.2, 0.25) is 0 Å². The van der Waals surface area contributed by atoms with Crippen LogP contribution in [0.15, 0.2) is 164 Å². The largest absolute Gasteiger partial charge is 0.495 e. The molecule has 7 heteroatoms. The molecular weight excluding hydrogens is 823 g/mol. The molecule has 0 amide bonds. The molecule has 0 fully saturated rings. The monoisotopic (exact) mass is 854 g/mol. The van der Waals surface area contributed by atoms with Gasteiger partial charge in [-0.2, -0.15) is 0 Å². The van der Waals surface area contributed by atoms with Crippen LogP contribution in [0.4, 0.5) is 0 Å². The second-order valence-corrected chi connectivity index (χ2v) is 11.5. The average molecular weight is 854 g/mol. The van der Waals surface area contributed by atoms with Gasteiger partial charge in [0.05, 0.1) is 24.3 Å². The van der Waals surface area contributed by atoms with Crippen molar-refractivity contribution in [1.82, 2.24) is 15.0 Å². The molecule has 3 aromatic heterocycles. The molecule has 0 bridgehead atoms. The van der Waals surface area contributed by atoms with Crippen molar-refractivity contribution in [1.29, 1.82) is 0 Å². The number of hydrogen-bond acceptors (Lipinski definition) is 5. The molecule has 0 saturated heterocycles. The molecule has 255 valence electrons. The zero-order chi connectivity index (χ0) is 35.0. The number of carboxylic acids is 1. The predicted octanol–water partition coefficient (Wildman–Crippen LogP) is 10.5. The first-order chi connectivity index (χ1) is 25.1. The number of hydrogen-bond donors (Lipinski definition) is 1. The third-order valence-electron chi connectivity index (χ3n) is 8.34. The molecule has 0 aliphatic heterocycles. The molecule has 0 aliphatic carbocycles. The van der Waals surface area contributed by atoms with E-state index in [9.17, 15) is 4.79 Å². The van der Waals surface area contributed by atoms with E-state index in [0.29, 0.717) is 5.75 Å². The summed E-state index contributed by atoms with van der Waals surface area (Å²) in [6.45, 7) is 0. The first-order valence-corrected chi connectivity index (χ1v) is 16.3. The molecule has 9 aromatic rings. The number of benzene rings is 6. The van der Waals surface area contributed by atoms with Gasteiger partial charge < -0.3 is 9.84 Å². The van der Waals surface area contributed by atoms with Gasteiger partial charge in [-0.15, -0.1) is 71.8 Å². The zero-order valence-corrected chi connectivity index (χ0v) is 30.4. The van der Waals surface area contributed by atoms with E-state index in [-0.39, 0.29) is 25.8 Å². The molecule has 6 nitrogen and oxygen atoms in total. The normalized spacial score (nSPS) is 10.4. The summed E-state index contributed by atoms with van der Waals surface area (Å²) >= 11 is 0. The smallest absolute Gasteiger partial charge is 0.354 e. The van der Waals surface area contributed by atoms with Crippen LogP contribution in [0.3, 0.4) is 0 Å². The minimum absolute atomic E-state index is 0. The quantitative estimate of drug-likeness (QED) is 0.140. The minimum Gasteiger partial charge on any atom is -0.495 e. The summed E-state index contributed by atoms with van der Waals surface area (Å²) in [5.74, 6) is -0.484. The maximum Gasteiger partial charge on any atom is 0.354 e. The molecule has 0 aliphatic rings. The number of carboxylic acid groups (broad SMARTS) is 1. The van der Waals surface area contributed by atoms with Gasteiger partial charge in [-0.1, -0.05) is 84.9 Å². The standard InChI is InChI=1S/2C19H12N.C7H7NO3.Ir/c2*1-2-8-14(9-3-1)19-17-12-5-4-10-15(17)16-11-6-7-13-18(16)20-19;1-11-5-2-3-6(7(9)10)8-4-5;/h2*1-8,10-13H;2-4H,1H3,(H,9,10);/q2*-1;;. The van der Waals surface area contributed by atoms with E-state index in [4.69, 9.17) is 19.8 Å². The molecule has 0 saturated carbocycles. The van der Waals surface area contributed by atoms with Gasteiger partial charge in [0.1, 0.15) is 11.4 Å². The number of methoxy groups -OCH3 is 1. The van der Waals surface area contributed by atoms with E-state index in [1.165, 1.54) is 51.7 Å². The van der Waals surface area contributed by atoms with Gasteiger partial charge in [0.2, 0.25) is 0 Å². The van der Waals surface area contributed by atoms with Gasteiger partial charge >= 0.3 is 5.97 Å². The van der Waals surface area contributed by atoms with E-state index in [2.05, 4.69) is 114 Å². The van der Waals surface area contributed by atoms with E-state index in [1.54, 1.807) is 6.07 Å². The Hall–Kier alpha value is -6.27. The fourth-order valence-corrected chi connectivity index (χ4v) is 5.93. The van der Waals surface area contributed by atoms with Gasteiger partial charge in [0.15, 0.2) is 0 Å². The Morgan fingerprint density at radius 2 is 0.962 bits per heavy atom. The van der Waals surface area contributed by atoms with E-state index >= 15 is 0 Å². The first kappa shape index (κ1) is 35.6. The summed E-state index contributed by atoms with van der Waals surface area (Å²) in [7, 11) is 1.50. The fraction of sp³-hybridized carbons (Fsp3) is 0.0222. The Balaban J connectivity index is 0.000000139. The summed E-state index contributed by atoms with van der Waals surface area (Å²) in [5, 5.41) is 15.7. The SMILES string of the molecule is COc1ccc(C(=O)O)nc1.[Ir].[c-]1ccccc1-c1nc2ccccc2c2ccccc12.[c-]1ccccc1-c1nc2ccccc2c2ccccc12. The second-order valence-electron chi connectivity index (χ2n) is 11.5. The molecule has 9 rings (SSSR count). The molecule has 1 radical (unpaired) electrons. The number of para-hydroxylation sites is 2. The Kier molecular flexibility index (Phi) is 11.4. The topological polar surface area (TPSA) is 85.2 Å². The number of aromatic nitrogens is 3. The van der Waals surface area contributed by atoms with Crippen molar-refractivity contribution in [2.45, 2.75) is 0 Å². The number of nitrogens with zero attached hydrogens (tertiary/aromatic N) is 3. The molecule has 3 heterocycles. The molecule has 52 heavy (non-hydrogen) atoms. The summed E-state index contributed by atoms with van der Waals surface area (Å²) in [6, 6.07) is 58.9. The number of rotatable bonds is 4. The third kappa shape index (κ3) is 7.71. The van der Waals surface area contributed by atoms with E-state index in [1.807, 2.05) is 48.5 Å². The van der Waals surface area contributed by atoms with E-state index in [0.717, 1.165) is 33.5 Å². The van der Waals surface area contributed by atoms with Crippen LogP contribution in [0.1, 0.15) is 10.5 Å². The first-order valence-electron chi connectivity index (χ1n) is 16.3. The number of aromatic carboxylic acids is 1. The molecule has 0 unspecified atom stereocenters. The number of fused-ring (bicyclic) bond motifs is 6. The Morgan fingerprint density at radius 1 is 0.538 bits per heavy atom. The molecule has 6 aromatic carbocycles. The van der Waals surface area contributed by atoms with Gasteiger partial charge in [-0.3, -0.25) is 9.97 Å². The third-order valence-corrected chi connectivity index (χ3v) is 8.34. The molecule has 0 spiro atoms. The maximum atomic E-state index is 10.3. The van der Waals surface area contributed by atoms with Crippen molar-refractivity contribution >= 4 is 49.3 Å². The predicted molar refractivity (Wildman–Crippen MR) is 205 cm³/mol. The van der Waals surface area contributed by atoms with Gasteiger partial charge in [-0.25, -0.2) is 9.78 Å². The molecule has 0 atom stereocenters. The van der Waals surface area contributed by atoms with Crippen molar-refractivity contribution in [3.05, 3.63) is 182 Å². The molecule has 1 N–H and O–H groups in total. The summed E-state index contributed by atoms with van der Waals surface area (Å²) in [5.41, 5.74) is 6.14. The zero-order valence-electron chi connectivity index (χ0n) is 28.0. The maximum absolute atomic E-state index is 10.3. The Morgan fingerprint density at radius 3 is 1.35 bits per heavy atom. The molecular formula is C45H31IrN3O3-2. The summed E-state index contributed by atoms with van der Waals surface area (Å²) in [4.78, 5) is 23.6. The van der Waals surface area contributed by atoms with Crippen LogP contribution in [-0.4, -0.2) is 33.1 Å². The number of pyridine rings is 3. The van der Waals surface area contributed by atoms with Crippen LogP contribution in [0.5, 0.6) is 5.75 Å². The number of ether oxygens (including phenoxy) is 1. The van der Waals surface area contributed by atoms with Crippen molar-refractivity contribution in [2.24, 2.45) is 0 Å². The van der Waals surface area contributed by atoms with Crippen molar-refractivity contribution in [3.63, 3.8) is 0 Å². The summed E-state index contributed by atoms with van der Waals surface area (Å²) < 4.78 is 4.79. The fourth-order valence-electron chi connectivity index (χ4n) is 5.93. The van der Waals surface area contributed by atoms with Crippen molar-refractivity contribution in [2.75, 3.05) is 7.11 Å². The minimum atomic E-state index is -1.03. The summed E-state index contributed by atoms with van der Waals surface area (Å²) in [6.07, 6.45) is 1.36. The van der Waals surface area contributed by atoms with Crippen LogP contribution < -0.4 is 4.74 Å².